The molecule has 0 aromatic heterocycles. The molecule has 2 heterocycles. The lowest BCUT2D eigenvalue weighted by Gasteiger charge is -2.25. The Kier molecular flexibility index (Phi) is 3.59. The van der Waals surface area contributed by atoms with Crippen LogP contribution >= 0.6 is 0 Å². The highest BCUT2D eigenvalue weighted by Crippen LogP contribution is 2.40. The lowest BCUT2D eigenvalue weighted by molar-refractivity contribution is -0.118. The van der Waals surface area contributed by atoms with E-state index in [1.165, 1.54) is 0 Å². The Labute approximate surface area is 130 Å². The lowest BCUT2D eigenvalue weighted by atomic mass is 9.86. The molecule has 0 spiro atoms. The summed E-state index contributed by atoms with van der Waals surface area (Å²) in [5.74, 6) is 0.0250. The van der Waals surface area contributed by atoms with Gasteiger partial charge in [0.25, 0.3) is 0 Å². The summed E-state index contributed by atoms with van der Waals surface area (Å²) in [6.45, 7) is 6.80. The normalized spacial score (nSPS) is 24.1. The van der Waals surface area contributed by atoms with E-state index in [4.69, 9.17) is 4.74 Å². The molecule has 2 aliphatic heterocycles. The molecule has 0 bridgehead atoms. The van der Waals surface area contributed by atoms with Gasteiger partial charge in [0.1, 0.15) is 5.60 Å². The molecule has 0 radical (unpaired) electrons. The van der Waals surface area contributed by atoms with Gasteiger partial charge in [-0.15, -0.1) is 0 Å². The first kappa shape index (κ1) is 14.9. The van der Waals surface area contributed by atoms with Crippen LogP contribution in [-0.4, -0.2) is 35.6 Å². The standard InChI is InChI=1S/C17H22N2O3/c1-17(2,3)22-16(21)19-9-8-11(10-19)14-12-6-4-5-7-13(12)18-15(14)20/h4-7,11,14H,8-10H2,1-3H3,(H,18,20)/t11-,14-/m0/s1. The zero-order chi connectivity index (χ0) is 15.9. The molecule has 118 valence electrons. The van der Waals surface area contributed by atoms with Crippen LogP contribution in [0.25, 0.3) is 0 Å². The first-order valence-electron chi connectivity index (χ1n) is 7.73. The molecule has 5 nitrogen and oxygen atoms in total. The molecule has 3 rings (SSSR count). The Hall–Kier alpha value is -2.04. The molecular weight excluding hydrogens is 280 g/mol. The van der Waals surface area contributed by atoms with Crippen LogP contribution < -0.4 is 5.32 Å². The molecule has 0 aliphatic carbocycles. The van der Waals surface area contributed by atoms with Crippen LogP contribution in [0.2, 0.25) is 0 Å². The first-order valence-corrected chi connectivity index (χ1v) is 7.73. The van der Waals surface area contributed by atoms with Gasteiger partial charge in [0, 0.05) is 18.8 Å². The Morgan fingerprint density at radius 3 is 2.77 bits per heavy atom. The average molecular weight is 302 g/mol. The maximum absolute atomic E-state index is 12.3. The van der Waals surface area contributed by atoms with Gasteiger partial charge in [-0.05, 0) is 44.7 Å². The highest BCUT2D eigenvalue weighted by Gasteiger charge is 2.41. The quantitative estimate of drug-likeness (QED) is 0.867. The van der Waals surface area contributed by atoms with E-state index in [0.29, 0.717) is 13.1 Å². The van der Waals surface area contributed by atoms with Crippen molar-refractivity contribution >= 4 is 17.7 Å². The number of carbonyl (C=O) groups excluding carboxylic acids is 2. The SMILES string of the molecule is CC(C)(C)OC(=O)N1CC[C@H]([C@@H]2C(=O)Nc3ccccc32)C1. The minimum atomic E-state index is -0.494. The van der Waals surface area contributed by atoms with Gasteiger partial charge in [-0.1, -0.05) is 18.2 Å². The van der Waals surface area contributed by atoms with Crippen molar-refractivity contribution in [1.29, 1.82) is 0 Å². The van der Waals surface area contributed by atoms with Gasteiger partial charge in [-0.2, -0.15) is 0 Å². The molecule has 1 aromatic rings. The Balaban J connectivity index is 1.71. The van der Waals surface area contributed by atoms with Crippen molar-refractivity contribution in [3.05, 3.63) is 29.8 Å². The van der Waals surface area contributed by atoms with E-state index < -0.39 is 5.60 Å². The van der Waals surface area contributed by atoms with E-state index in [1.54, 1.807) is 4.90 Å². The van der Waals surface area contributed by atoms with Crippen molar-refractivity contribution in [3.63, 3.8) is 0 Å². The number of nitrogens with zero attached hydrogens (tertiary/aromatic N) is 1. The van der Waals surface area contributed by atoms with Gasteiger partial charge in [0.2, 0.25) is 5.91 Å². The third kappa shape index (κ3) is 2.80. The molecule has 0 saturated carbocycles. The summed E-state index contributed by atoms with van der Waals surface area (Å²) in [6.07, 6.45) is 0.535. The summed E-state index contributed by atoms with van der Waals surface area (Å²) in [4.78, 5) is 26.1. The second-order valence-electron chi connectivity index (χ2n) is 7.03. The fourth-order valence-electron chi connectivity index (χ4n) is 3.25. The van der Waals surface area contributed by atoms with Gasteiger partial charge in [-0.3, -0.25) is 4.79 Å². The lowest BCUT2D eigenvalue weighted by Crippen LogP contribution is -2.36. The topological polar surface area (TPSA) is 58.6 Å². The number of benzene rings is 1. The third-order valence-corrected chi connectivity index (χ3v) is 4.18. The molecule has 0 unspecified atom stereocenters. The Bertz CT molecular complexity index is 606. The summed E-state index contributed by atoms with van der Waals surface area (Å²) in [5, 5.41) is 2.93. The van der Waals surface area contributed by atoms with E-state index in [9.17, 15) is 9.59 Å². The van der Waals surface area contributed by atoms with Crippen molar-refractivity contribution in [3.8, 4) is 0 Å². The summed E-state index contributed by atoms with van der Waals surface area (Å²) in [7, 11) is 0. The molecule has 2 atom stereocenters. The van der Waals surface area contributed by atoms with Crippen molar-refractivity contribution in [2.45, 2.75) is 38.7 Å². The van der Waals surface area contributed by atoms with Gasteiger partial charge >= 0.3 is 6.09 Å². The van der Waals surface area contributed by atoms with E-state index in [1.807, 2.05) is 45.0 Å². The summed E-state index contributed by atoms with van der Waals surface area (Å²) >= 11 is 0. The summed E-state index contributed by atoms with van der Waals surface area (Å²) < 4.78 is 5.42. The second-order valence-corrected chi connectivity index (χ2v) is 7.03. The van der Waals surface area contributed by atoms with Crippen LogP contribution in [0.5, 0.6) is 0 Å². The number of amides is 2. The molecule has 5 heteroatoms. The maximum Gasteiger partial charge on any atom is 0.410 e. The highest BCUT2D eigenvalue weighted by molar-refractivity contribution is 6.03. The molecule has 1 fully saturated rings. The van der Waals surface area contributed by atoms with Crippen LogP contribution in [0.15, 0.2) is 24.3 Å². The van der Waals surface area contributed by atoms with E-state index in [2.05, 4.69) is 5.32 Å². The van der Waals surface area contributed by atoms with E-state index in [0.717, 1.165) is 17.7 Å². The zero-order valence-electron chi connectivity index (χ0n) is 13.3. The fraction of sp³-hybridized carbons (Fsp3) is 0.529. The number of hydrogen-bond donors (Lipinski definition) is 1. The van der Waals surface area contributed by atoms with Crippen LogP contribution in [0, 0.1) is 5.92 Å². The van der Waals surface area contributed by atoms with E-state index in [-0.39, 0.29) is 23.8 Å². The molecule has 2 aliphatic rings. The van der Waals surface area contributed by atoms with Crippen molar-refractivity contribution in [2.75, 3.05) is 18.4 Å². The Morgan fingerprint density at radius 1 is 1.32 bits per heavy atom. The minimum Gasteiger partial charge on any atom is -0.444 e. The smallest absolute Gasteiger partial charge is 0.410 e. The van der Waals surface area contributed by atoms with Crippen molar-refractivity contribution in [2.24, 2.45) is 5.92 Å². The Morgan fingerprint density at radius 2 is 2.05 bits per heavy atom. The predicted molar refractivity (Wildman–Crippen MR) is 83.7 cm³/mol. The van der Waals surface area contributed by atoms with Crippen LogP contribution in [0.1, 0.15) is 38.7 Å². The zero-order valence-corrected chi connectivity index (χ0v) is 13.3. The molecule has 1 saturated heterocycles. The van der Waals surface area contributed by atoms with Gasteiger partial charge in [0.05, 0.1) is 5.92 Å². The molecular formula is C17H22N2O3. The van der Waals surface area contributed by atoms with E-state index >= 15 is 0 Å². The number of anilines is 1. The summed E-state index contributed by atoms with van der Waals surface area (Å²) in [6, 6.07) is 7.79. The average Bonchev–Trinajstić information content (AvgIpc) is 2.99. The minimum absolute atomic E-state index is 0.0391. The number of carbonyl (C=O) groups is 2. The maximum atomic E-state index is 12.3. The monoisotopic (exact) mass is 302 g/mol. The number of para-hydroxylation sites is 1. The molecule has 2 amide bonds. The second kappa shape index (κ2) is 5.30. The largest absolute Gasteiger partial charge is 0.444 e. The van der Waals surface area contributed by atoms with Crippen molar-refractivity contribution in [1.82, 2.24) is 4.90 Å². The number of hydrogen-bond acceptors (Lipinski definition) is 3. The third-order valence-electron chi connectivity index (χ3n) is 4.18. The molecule has 1 N–H and O–H groups in total. The summed E-state index contributed by atoms with van der Waals surface area (Å²) in [5.41, 5.74) is 1.45. The highest BCUT2D eigenvalue weighted by atomic mass is 16.6. The van der Waals surface area contributed by atoms with Crippen LogP contribution in [0.4, 0.5) is 10.5 Å². The van der Waals surface area contributed by atoms with Crippen molar-refractivity contribution < 1.29 is 14.3 Å². The van der Waals surface area contributed by atoms with Gasteiger partial charge < -0.3 is 15.0 Å². The van der Waals surface area contributed by atoms with Gasteiger partial charge in [0.15, 0.2) is 0 Å². The predicted octanol–water partition coefficient (Wildman–Crippen LogP) is 2.98. The molecule has 22 heavy (non-hydrogen) atoms. The fourth-order valence-corrected chi connectivity index (χ4v) is 3.25. The number of ether oxygens (including phenoxy) is 1. The number of rotatable bonds is 1. The first-order chi connectivity index (χ1) is 10.3. The number of nitrogens with one attached hydrogen (secondary N) is 1. The number of likely N-dealkylation sites (tertiary alicyclic amines) is 1. The van der Waals surface area contributed by atoms with Crippen LogP contribution in [0.3, 0.4) is 0 Å². The molecule has 1 aromatic carbocycles. The van der Waals surface area contributed by atoms with Crippen LogP contribution in [-0.2, 0) is 9.53 Å². The number of fused-ring (bicyclic) bond motifs is 1. The van der Waals surface area contributed by atoms with Gasteiger partial charge in [-0.25, -0.2) is 4.79 Å².